The normalized spacial score (nSPS) is 24.3. The second-order valence-corrected chi connectivity index (χ2v) is 10.3. The minimum Gasteiger partial charge on any atom is -0.325 e. The minimum atomic E-state index is -1.56. The van der Waals surface area contributed by atoms with Crippen molar-refractivity contribution in [1.82, 2.24) is 18.8 Å². The van der Waals surface area contributed by atoms with Gasteiger partial charge < -0.3 is 5.32 Å². The van der Waals surface area contributed by atoms with Gasteiger partial charge in [0, 0.05) is 47.2 Å². The summed E-state index contributed by atoms with van der Waals surface area (Å²) in [5.41, 5.74) is 1.38. The van der Waals surface area contributed by atoms with E-state index in [2.05, 4.69) is 15.1 Å². The Hall–Kier alpha value is -2.11. The van der Waals surface area contributed by atoms with Crippen LogP contribution in [0.2, 0.25) is 5.02 Å². The third-order valence-electron chi connectivity index (χ3n) is 5.28. The van der Waals surface area contributed by atoms with Crippen molar-refractivity contribution < 1.29 is 13.4 Å². The van der Waals surface area contributed by atoms with Crippen molar-refractivity contribution in [2.24, 2.45) is 13.0 Å². The monoisotopic (exact) mass is 481 g/mol. The summed E-state index contributed by atoms with van der Waals surface area (Å²) in [5.74, 6) is -1.09. The molecule has 3 heterocycles. The summed E-state index contributed by atoms with van der Waals surface area (Å²) >= 11 is 5.84. The Morgan fingerprint density at radius 2 is 2.10 bits per heavy atom. The molecule has 2 N–H and O–H groups in total. The average Bonchev–Trinajstić information content (AvgIpc) is 3.37. The van der Waals surface area contributed by atoms with Crippen LogP contribution in [0.5, 0.6) is 0 Å². The lowest BCUT2D eigenvalue weighted by Gasteiger charge is -2.40. The van der Waals surface area contributed by atoms with Crippen LogP contribution in [0.25, 0.3) is 10.4 Å². The lowest BCUT2D eigenvalue weighted by Crippen LogP contribution is -2.57. The predicted octanol–water partition coefficient (Wildman–Crippen LogP) is 3.74. The van der Waals surface area contributed by atoms with Crippen LogP contribution in [0.4, 0.5) is 10.1 Å². The molecule has 4 rings (SSSR count). The van der Waals surface area contributed by atoms with Crippen molar-refractivity contribution in [3.05, 3.63) is 58.4 Å². The minimum absolute atomic E-state index is 0.0764. The third-order valence-corrected chi connectivity index (χ3v) is 8.00. The molecular formula is C20H21ClFN5O2S2. The van der Waals surface area contributed by atoms with Crippen molar-refractivity contribution in [2.45, 2.75) is 19.0 Å². The van der Waals surface area contributed by atoms with Crippen molar-refractivity contribution >= 4 is 45.7 Å². The molecule has 0 bridgehead atoms. The standard InChI is InChI=1S/C20H21ClFN5O2S2/c1-11-18(17-7-6-16(30-17)12-9-23-26(2)10-12)25-31(29)27(3)19(11)20(28)24-13-4-5-15(22)14(21)8-13/h4-11,18-19,25H,1-3H3,(H,24,28). The van der Waals surface area contributed by atoms with Crippen LogP contribution in [-0.2, 0) is 23.0 Å². The summed E-state index contributed by atoms with van der Waals surface area (Å²) in [6.45, 7) is 1.94. The van der Waals surface area contributed by atoms with Gasteiger partial charge in [-0.3, -0.25) is 9.48 Å². The van der Waals surface area contributed by atoms with Crippen LogP contribution in [0.1, 0.15) is 17.8 Å². The highest BCUT2D eigenvalue weighted by Gasteiger charge is 2.43. The Labute approximate surface area is 190 Å². The molecule has 1 aliphatic rings. The molecule has 0 radical (unpaired) electrons. The molecule has 0 spiro atoms. The Balaban J connectivity index is 1.57. The van der Waals surface area contributed by atoms with Crippen LogP contribution >= 0.6 is 22.9 Å². The van der Waals surface area contributed by atoms with Crippen LogP contribution in [0.3, 0.4) is 0 Å². The van der Waals surface area contributed by atoms with Crippen LogP contribution < -0.4 is 10.0 Å². The number of carbonyl (C=O) groups excluding carboxylic acids is 1. The van der Waals surface area contributed by atoms with E-state index in [4.69, 9.17) is 11.6 Å². The molecule has 31 heavy (non-hydrogen) atoms. The lowest BCUT2D eigenvalue weighted by molar-refractivity contribution is -0.121. The number of nitrogens with zero attached hydrogens (tertiary/aromatic N) is 3. The molecule has 11 heteroatoms. The zero-order valence-electron chi connectivity index (χ0n) is 17.0. The zero-order valence-corrected chi connectivity index (χ0v) is 19.4. The number of anilines is 1. The van der Waals surface area contributed by atoms with E-state index < -0.39 is 23.0 Å². The summed E-state index contributed by atoms with van der Waals surface area (Å²) in [6.07, 6.45) is 3.73. The molecule has 1 fully saturated rings. The fraction of sp³-hybridized carbons (Fsp3) is 0.300. The molecule has 4 atom stereocenters. The number of aromatic nitrogens is 2. The first-order chi connectivity index (χ1) is 14.7. The number of carbonyl (C=O) groups is 1. The largest absolute Gasteiger partial charge is 0.325 e. The number of halogens is 2. The SMILES string of the molecule is CC1C(c2ccc(-c3cnn(C)c3)s2)NS(=O)N(C)C1C(=O)Nc1ccc(F)c(Cl)c1. The van der Waals surface area contributed by atoms with E-state index in [0.717, 1.165) is 15.3 Å². The van der Waals surface area contributed by atoms with Gasteiger partial charge in [0.05, 0.1) is 17.3 Å². The third kappa shape index (κ3) is 4.44. The van der Waals surface area contributed by atoms with Gasteiger partial charge in [-0.25, -0.2) is 17.6 Å². The molecule has 4 unspecified atom stereocenters. The van der Waals surface area contributed by atoms with Gasteiger partial charge in [0.25, 0.3) is 0 Å². The van der Waals surface area contributed by atoms with E-state index in [-0.39, 0.29) is 22.9 Å². The van der Waals surface area contributed by atoms with Gasteiger partial charge in [0.2, 0.25) is 5.91 Å². The van der Waals surface area contributed by atoms with Gasteiger partial charge in [-0.2, -0.15) is 5.10 Å². The van der Waals surface area contributed by atoms with Gasteiger partial charge in [-0.15, -0.1) is 11.3 Å². The fourth-order valence-corrected chi connectivity index (χ4v) is 6.27. The quantitative estimate of drug-likeness (QED) is 0.595. The first-order valence-electron chi connectivity index (χ1n) is 9.50. The molecular weight excluding hydrogens is 461 g/mol. The second kappa shape index (κ2) is 8.79. The smallest absolute Gasteiger partial charge is 0.243 e. The van der Waals surface area contributed by atoms with Crippen molar-refractivity contribution in [1.29, 1.82) is 0 Å². The number of hydrogen-bond donors (Lipinski definition) is 2. The highest BCUT2D eigenvalue weighted by molar-refractivity contribution is 7.80. The first-order valence-corrected chi connectivity index (χ1v) is 11.8. The van der Waals surface area contributed by atoms with Crippen molar-refractivity contribution in [3.63, 3.8) is 0 Å². The molecule has 1 saturated heterocycles. The fourth-order valence-electron chi connectivity index (χ4n) is 3.65. The molecule has 1 aliphatic heterocycles. The maximum absolute atomic E-state index is 13.4. The molecule has 3 aromatic rings. The highest BCUT2D eigenvalue weighted by Crippen LogP contribution is 2.38. The second-order valence-electron chi connectivity index (χ2n) is 7.42. The molecule has 1 aromatic carbocycles. The van der Waals surface area contributed by atoms with Gasteiger partial charge in [-0.1, -0.05) is 18.5 Å². The molecule has 2 aromatic heterocycles. The van der Waals surface area contributed by atoms with Crippen molar-refractivity contribution in [3.8, 4) is 10.4 Å². The number of nitrogens with one attached hydrogen (secondary N) is 2. The molecule has 0 aliphatic carbocycles. The average molecular weight is 482 g/mol. The number of rotatable bonds is 4. The Morgan fingerprint density at radius 3 is 2.77 bits per heavy atom. The Morgan fingerprint density at radius 1 is 1.32 bits per heavy atom. The van der Waals surface area contributed by atoms with E-state index in [0.29, 0.717) is 5.69 Å². The van der Waals surface area contributed by atoms with Crippen LogP contribution in [0.15, 0.2) is 42.7 Å². The maximum Gasteiger partial charge on any atom is 0.243 e. The van der Waals surface area contributed by atoms with E-state index in [9.17, 15) is 13.4 Å². The van der Waals surface area contributed by atoms with E-state index in [1.165, 1.54) is 22.5 Å². The zero-order chi connectivity index (χ0) is 22.3. The van der Waals surface area contributed by atoms with Gasteiger partial charge >= 0.3 is 0 Å². The first kappa shape index (κ1) is 22.1. The number of aryl methyl sites for hydroxylation is 1. The lowest BCUT2D eigenvalue weighted by atomic mass is 9.92. The molecule has 1 amide bonds. The number of likely N-dealkylation sites (N-methyl/N-ethyl adjacent to an activating group) is 1. The highest BCUT2D eigenvalue weighted by atomic mass is 35.5. The molecule has 164 valence electrons. The van der Waals surface area contributed by atoms with E-state index >= 15 is 0 Å². The molecule has 7 nitrogen and oxygen atoms in total. The topological polar surface area (TPSA) is 79.3 Å². The van der Waals surface area contributed by atoms with E-state index in [1.54, 1.807) is 29.3 Å². The van der Waals surface area contributed by atoms with Crippen molar-refractivity contribution in [2.75, 3.05) is 12.4 Å². The number of benzene rings is 1. The number of thiophene rings is 1. The van der Waals surface area contributed by atoms with E-state index in [1.807, 2.05) is 32.3 Å². The number of amides is 1. The molecule has 0 saturated carbocycles. The van der Waals surface area contributed by atoms with Gasteiger partial charge in [0.1, 0.15) is 11.9 Å². The Kier molecular flexibility index (Phi) is 6.27. The predicted molar refractivity (Wildman–Crippen MR) is 121 cm³/mol. The van der Waals surface area contributed by atoms with Crippen LogP contribution in [-0.4, -0.2) is 37.3 Å². The number of hydrogen-bond acceptors (Lipinski definition) is 4. The summed E-state index contributed by atoms with van der Waals surface area (Å²) in [5, 5.41) is 6.89. The van der Waals surface area contributed by atoms with Gasteiger partial charge in [0.15, 0.2) is 11.2 Å². The summed E-state index contributed by atoms with van der Waals surface area (Å²) < 4.78 is 32.5. The summed E-state index contributed by atoms with van der Waals surface area (Å²) in [4.78, 5) is 15.1. The Bertz CT molecular complexity index is 1150. The van der Waals surface area contributed by atoms with Crippen LogP contribution in [0, 0.1) is 11.7 Å². The van der Waals surface area contributed by atoms with Gasteiger partial charge in [-0.05, 0) is 30.3 Å². The maximum atomic E-state index is 13.4. The summed E-state index contributed by atoms with van der Waals surface area (Å²) in [6, 6.07) is 7.04. The summed E-state index contributed by atoms with van der Waals surface area (Å²) in [7, 11) is 3.49.